The zero-order valence-corrected chi connectivity index (χ0v) is 6.57. The zero-order chi connectivity index (χ0) is 9.14. The average molecular weight is 167 g/mol. The SMILES string of the molecule is CC(C(N)=O)C(=O)c1cn[nH]c1. The summed E-state index contributed by atoms with van der Waals surface area (Å²) >= 11 is 0. The molecule has 1 aromatic heterocycles. The number of aromatic amines is 1. The van der Waals surface area contributed by atoms with Crippen molar-refractivity contribution < 1.29 is 9.59 Å². The van der Waals surface area contributed by atoms with Crippen molar-refractivity contribution in [2.45, 2.75) is 6.92 Å². The van der Waals surface area contributed by atoms with E-state index < -0.39 is 11.8 Å². The summed E-state index contributed by atoms with van der Waals surface area (Å²) in [6.07, 6.45) is 2.80. The standard InChI is InChI=1S/C7H9N3O2/c1-4(7(8)12)6(11)5-2-9-10-3-5/h2-4H,1H3,(H2,8,12)(H,9,10). The summed E-state index contributed by atoms with van der Waals surface area (Å²) in [5.74, 6) is -1.72. The van der Waals surface area contributed by atoms with Gasteiger partial charge in [0.1, 0.15) is 0 Å². The summed E-state index contributed by atoms with van der Waals surface area (Å²) in [6, 6.07) is 0. The lowest BCUT2D eigenvalue weighted by Crippen LogP contribution is -2.27. The van der Waals surface area contributed by atoms with Gasteiger partial charge in [-0.05, 0) is 6.92 Å². The molecule has 5 nitrogen and oxygen atoms in total. The fourth-order valence-corrected chi connectivity index (χ4v) is 0.765. The number of carbonyl (C=O) groups excluding carboxylic acids is 2. The van der Waals surface area contributed by atoms with Gasteiger partial charge in [0.2, 0.25) is 5.91 Å². The molecule has 1 aromatic rings. The summed E-state index contributed by atoms with van der Waals surface area (Å²) < 4.78 is 0. The Hall–Kier alpha value is -1.65. The smallest absolute Gasteiger partial charge is 0.228 e. The van der Waals surface area contributed by atoms with Gasteiger partial charge in [-0.2, -0.15) is 5.10 Å². The Labute approximate surface area is 69.0 Å². The van der Waals surface area contributed by atoms with Crippen LogP contribution in [0.3, 0.4) is 0 Å². The minimum atomic E-state index is -0.789. The molecule has 0 fully saturated rings. The van der Waals surface area contributed by atoms with Crippen molar-refractivity contribution in [3.8, 4) is 0 Å². The summed E-state index contributed by atoms with van der Waals surface area (Å²) in [4.78, 5) is 21.9. The second-order valence-corrected chi connectivity index (χ2v) is 2.48. The molecule has 1 atom stereocenters. The van der Waals surface area contributed by atoms with Gasteiger partial charge in [-0.1, -0.05) is 0 Å². The van der Waals surface area contributed by atoms with Crippen molar-refractivity contribution >= 4 is 11.7 Å². The molecular weight excluding hydrogens is 158 g/mol. The highest BCUT2D eigenvalue weighted by atomic mass is 16.2. The highest BCUT2D eigenvalue weighted by Crippen LogP contribution is 2.05. The molecule has 0 radical (unpaired) electrons. The minimum absolute atomic E-state index is 0.309. The van der Waals surface area contributed by atoms with Crippen LogP contribution in [0.4, 0.5) is 0 Å². The van der Waals surface area contributed by atoms with Crippen molar-refractivity contribution in [1.82, 2.24) is 10.2 Å². The zero-order valence-electron chi connectivity index (χ0n) is 6.57. The van der Waals surface area contributed by atoms with Gasteiger partial charge in [-0.25, -0.2) is 0 Å². The summed E-state index contributed by atoms with van der Waals surface area (Å²) in [5.41, 5.74) is 5.33. The van der Waals surface area contributed by atoms with E-state index in [-0.39, 0.29) is 5.78 Å². The van der Waals surface area contributed by atoms with Gasteiger partial charge in [-0.15, -0.1) is 0 Å². The second-order valence-electron chi connectivity index (χ2n) is 2.48. The number of H-pyrrole nitrogens is 1. The number of nitrogens with zero attached hydrogens (tertiary/aromatic N) is 1. The Balaban J connectivity index is 2.79. The molecule has 0 spiro atoms. The monoisotopic (exact) mass is 167 g/mol. The number of aromatic nitrogens is 2. The lowest BCUT2D eigenvalue weighted by atomic mass is 10.0. The van der Waals surface area contributed by atoms with Crippen molar-refractivity contribution in [3.63, 3.8) is 0 Å². The largest absolute Gasteiger partial charge is 0.369 e. The molecule has 0 aliphatic heterocycles. The van der Waals surface area contributed by atoms with Gasteiger partial charge < -0.3 is 5.73 Å². The lowest BCUT2D eigenvalue weighted by Gasteiger charge is -2.02. The maximum atomic E-state index is 11.3. The van der Waals surface area contributed by atoms with Gasteiger partial charge in [0.15, 0.2) is 5.78 Å². The fraction of sp³-hybridized carbons (Fsp3) is 0.286. The average Bonchev–Trinajstić information content (AvgIpc) is 2.53. The molecule has 5 heteroatoms. The molecule has 64 valence electrons. The number of carbonyl (C=O) groups is 2. The van der Waals surface area contributed by atoms with Crippen LogP contribution < -0.4 is 5.73 Å². The summed E-state index contributed by atoms with van der Waals surface area (Å²) in [5, 5.41) is 6.07. The van der Waals surface area contributed by atoms with Crippen LogP contribution in [0.1, 0.15) is 17.3 Å². The number of ketones is 1. The third-order valence-corrected chi connectivity index (χ3v) is 1.60. The molecule has 0 aromatic carbocycles. The molecular formula is C7H9N3O2. The van der Waals surface area contributed by atoms with E-state index in [2.05, 4.69) is 10.2 Å². The first kappa shape index (κ1) is 8.45. The Morgan fingerprint density at radius 1 is 1.67 bits per heavy atom. The predicted molar refractivity (Wildman–Crippen MR) is 41.3 cm³/mol. The van der Waals surface area contributed by atoms with E-state index in [9.17, 15) is 9.59 Å². The highest BCUT2D eigenvalue weighted by molar-refractivity contribution is 6.09. The number of primary amides is 1. The van der Waals surface area contributed by atoms with E-state index in [1.807, 2.05) is 0 Å². The number of hydrogen-bond acceptors (Lipinski definition) is 3. The summed E-state index contributed by atoms with van der Waals surface area (Å²) in [7, 11) is 0. The number of hydrogen-bond donors (Lipinski definition) is 2. The van der Waals surface area contributed by atoms with Gasteiger partial charge in [0.25, 0.3) is 0 Å². The molecule has 0 saturated heterocycles. The molecule has 12 heavy (non-hydrogen) atoms. The van der Waals surface area contributed by atoms with Crippen LogP contribution in [0.5, 0.6) is 0 Å². The predicted octanol–water partition coefficient (Wildman–Crippen LogP) is -0.286. The number of nitrogens with one attached hydrogen (secondary N) is 1. The highest BCUT2D eigenvalue weighted by Gasteiger charge is 2.20. The van der Waals surface area contributed by atoms with Crippen LogP contribution in [-0.4, -0.2) is 21.9 Å². The number of rotatable bonds is 3. The first-order valence-electron chi connectivity index (χ1n) is 3.45. The van der Waals surface area contributed by atoms with Crippen molar-refractivity contribution in [3.05, 3.63) is 18.0 Å². The van der Waals surface area contributed by atoms with Crippen LogP contribution in [0.15, 0.2) is 12.4 Å². The molecule has 3 N–H and O–H groups in total. The van der Waals surface area contributed by atoms with Gasteiger partial charge in [-0.3, -0.25) is 14.7 Å². The third kappa shape index (κ3) is 1.50. The lowest BCUT2D eigenvalue weighted by molar-refractivity contribution is -0.119. The molecule has 0 saturated carbocycles. The molecule has 1 unspecified atom stereocenters. The van der Waals surface area contributed by atoms with E-state index >= 15 is 0 Å². The van der Waals surface area contributed by atoms with Gasteiger partial charge >= 0.3 is 0 Å². The van der Waals surface area contributed by atoms with E-state index in [1.54, 1.807) is 0 Å². The minimum Gasteiger partial charge on any atom is -0.369 e. The van der Waals surface area contributed by atoms with Crippen LogP contribution in [-0.2, 0) is 4.79 Å². The molecule has 1 amide bonds. The van der Waals surface area contributed by atoms with Crippen molar-refractivity contribution in [2.24, 2.45) is 11.7 Å². The van der Waals surface area contributed by atoms with E-state index in [0.29, 0.717) is 5.56 Å². The Bertz CT molecular complexity index is 292. The quantitative estimate of drug-likeness (QED) is 0.479. The Kier molecular flexibility index (Phi) is 2.23. The van der Waals surface area contributed by atoms with Crippen LogP contribution >= 0.6 is 0 Å². The van der Waals surface area contributed by atoms with E-state index in [4.69, 9.17) is 5.73 Å². The van der Waals surface area contributed by atoms with Crippen molar-refractivity contribution in [2.75, 3.05) is 0 Å². The van der Waals surface area contributed by atoms with Gasteiger partial charge in [0.05, 0.1) is 17.7 Å². The Morgan fingerprint density at radius 3 is 2.75 bits per heavy atom. The maximum absolute atomic E-state index is 11.3. The molecule has 1 rings (SSSR count). The van der Waals surface area contributed by atoms with Crippen LogP contribution in [0.2, 0.25) is 0 Å². The van der Waals surface area contributed by atoms with Gasteiger partial charge in [0, 0.05) is 6.20 Å². The first-order chi connectivity index (χ1) is 5.63. The topological polar surface area (TPSA) is 88.8 Å². The van der Waals surface area contributed by atoms with E-state index in [0.717, 1.165) is 0 Å². The molecule has 1 heterocycles. The summed E-state index contributed by atoms with van der Waals surface area (Å²) in [6.45, 7) is 1.47. The van der Waals surface area contributed by atoms with E-state index in [1.165, 1.54) is 19.3 Å². The number of nitrogens with two attached hydrogens (primary N) is 1. The fourth-order valence-electron chi connectivity index (χ4n) is 0.765. The van der Waals surface area contributed by atoms with Crippen LogP contribution in [0.25, 0.3) is 0 Å². The number of amides is 1. The third-order valence-electron chi connectivity index (χ3n) is 1.60. The second kappa shape index (κ2) is 3.17. The maximum Gasteiger partial charge on any atom is 0.228 e. The molecule has 0 bridgehead atoms. The normalized spacial score (nSPS) is 12.4. The number of Topliss-reactive ketones (excluding diaryl/α,β-unsaturated/α-hetero) is 1. The van der Waals surface area contributed by atoms with Crippen molar-refractivity contribution in [1.29, 1.82) is 0 Å². The first-order valence-corrected chi connectivity index (χ1v) is 3.45. The molecule has 0 aliphatic rings. The Morgan fingerprint density at radius 2 is 2.33 bits per heavy atom. The molecule has 0 aliphatic carbocycles. The van der Waals surface area contributed by atoms with Crippen LogP contribution in [0, 0.1) is 5.92 Å².